The summed E-state index contributed by atoms with van der Waals surface area (Å²) in [6.45, 7) is 1.89. The third-order valence-corrected chi connectivity index (χ3v) is 6.72. The second-order valence-corrected chi connectivity index (χ2v) is 9.87. The van der Waals surface area contributed by atoms with E-state index in [1.54, 1.807) is 49.4 Å². The lowest BCUT2D eigenvalue weighted by atomic mass is 10.1. The van der Waals surface area contributed by atoms with Crippen molar-refractivity contribution in [2.24, 2.45) is 7.05 Å². The van der Waals surface area contributed by atoms with E-state index in [0.29, 0.717) is 28.9 Å². The summed E-state index contributed by atoms with van der Waals surface area (Å²) in [6, 6.07) is 14.9. The number of halogens is 1. The molecule has 0 saturated heterocycles. The Morgan fingerprint density at radius 2 is 1.83 bits per heavy atom. The SMILES string of the molecule is Cc1c(-c2c(C(=O)OCCCCN(C)C)cnn2-c2ccc(C#N)cc2)c(=O)n(C)c(=O)n1-c1cccc(CF)c1. The van der Waals surface area contributed by atoms with Crippen molar-refractivity contribution in [1.29, 1.82) is 5.26 Å². The molecule has 0 N–H and O–H groups in total. The van der Waals surface area contributed by atoms with Crippen LogP contribution in [0.3, 0.4) is 0 Å². The predicted octanol–water partition coefficient (Wildman–Crippen LogP) is 3.54. The minimum atomic E-state index is -0.726. The van der Waals surface area contributed by atoms with Crippen molar-refractivity contribution in [3.05, 3.63) is 98.0 Å². The van der Waals surface area contributed by atoms with Crippen molar-refractivity contribution in [3.63, 3.8) is 0 Å². The van der Waals surface area contributed by atoms with Crippen molar-refractivity contribution in [3.8, 4) is 28.7 Å². The van der Waals surface area contributed by atoms with Crippen molar-refractivity contribution in [1.82, 2.24) is 23.8 Å². The summed E-state index contributed by atoms with van der Waals surface area (Å²) in [5, 5.41) is 13.6. The molecular weight excluding hydrogens is 527 g/mol. The van der Waals surface area contributed by atoms with Gasteiger partial charge in [0.1, 0.15) is 12.2 Å². The zero-order valence-corrected chi connectivity index (χ0v) is 23.4. The monoisotopic (exact) mass is 558 g/mol. The van der Waals surface area contributed by atoms with Gasteiger partial charge < -0.3 is 9.64 Å². The van der Waals surface area contributed by atoms with Gasteiger partial charge in [-0.1, -0.05) is 12.1 Å². The summed E-state index contributed by atoms with van der Waals surface area (Å²) >= 11 is 0. The molecule has 0 aliphatic heterocycles. The first-order valence-corrected chi connectivity index (χ1v) is 13.1. The van der Waals surface area contributed by atoms with E-state index in [9.17, 15) is 24.0 Å². The van der Waals surface area contributed by atoms with Crippen molar-refractivity contribution < 1.29 is 13.9 Å². The molecule has 0 radical (unpaired) electrons. The second-order valence-electron chi connectivity index (χ2n) is 9.87. The Balaban J connectivity index is 1.91. The topological polar surface area (TPSA) is 115 Å². The molecule has 41 heavy (non-hydrogen) atoms. The maximum atomic E-state index is 13.7. The molecule has 0 atom stereocenters. The Kier molecular flexibility index (Phi) is 8.94. The van der Waals surface area contributed by atoms with Crippen LogP contribution >= 0.6 is 0 Å². The van der Waals surface area contributed by atoms with E-state index in [2.05, 4.69) is 11.2 Å². The number of ether oxygens (including phenoxy) is 1. The third-order valence-electron chi connectivity index (χ3n) is 6.72. The summed E-state index contributed by atoms with van der Waals surface area (Å²) in [5.74, 6) is -0.664. The van der Waals surface area contributed by atoms with Crippen LogP contribution < -0.4 is 11.2 Å². The quantitative estimate of drug-likeness (QED) is 0.216. The summed E-state index contributed by atoms with van der Waals surface area (Å²) in [4.78, 5) is 42.4. The molecule has 0 aliphatic carbocycles. The normalized spacial score (nSPS) is 11.0. The molecule has 2 heterocycles. The van der Waals surface area contributed by atoms with Crippen LogP contribution in [0.4, 0.5) is 4.39 Å². The number of carbonyl (C=O) groups excluding carboxylic acids is 1. The molecule has 0 bridgehead atoms. The Hall–Kier alpha value is -4.82. The van der Waals surface area contributed by atoms with Crippen molar-refractivity contribution in [2.75, 3.05) is 27.2 Å². The largest absolute Gasteiger partial charge is 0.462 e. The molecule has 2 aromatic carbocycles. The Morgan fingerprint density at radius 3 is 2.49 bits per heavy atom. The molecule has 11 heteroatoms. The molecule has 0 fully saturated rings. The summed E-state index contributed by atoms with van der Waals surface area (Å²) in [7, 11) is 5.27. The van der Waals surface area contributed by atoms with Gasteiger partial charge in [0.15, 0.2) is 0 Å². The first kappa shape index (κ1) is 29.2. The highest BCUT2D eigenvalue weighted by Gasteiger charge is 2.28. The number of esters is 1. The Morgan fingerprint density at radius 1 is 1.10 bits per heavy atom. The minimum Gasteiger partial charge on any atom is -0.462 e. The molecular formula is C30H31FN6O4. The summed E-state index contributed by atoms with van der Waals surface area (Å²) in [6.07, 6.45) is 2.81. The smallest absolute Gasteiger partial charge is 0.342 e. The van der Waals surface area contributed by atoms with Crippen LogP contribution in [0.2, 0.25) is 0 Å². The number of hydrogen-bond acceptors (Lipinski definition) is 7. The van der Waals surface area contributed by atoms with Gasteiger partial charge in [-0.15, -0.1) is 0 Å². The van der Waals surface area contributed by atoms with Gasteiger partial charge in [-0.3, -0.25) is 13.9 Å². The molecule has 0 saturated carbocycles. The minimum absolute atomic E-state index is 0.0462. The van der Waals surface area contributed by atoms with Crippen molar-refractivity contribution in [2.45, 2.75) is 26.4 Å². The highest BCUT2D eigenvalue weighted by Crippen LogP contribution is 2.28. The van der Waals surface area contributed by atoms with E-state index in [-0.39, 0.29) is 29.1 Å². The summed E-state index contributed by atoms with van der Waals surface area (Å²) < 4.78 is 22.7. The maximum absolute atomic E-state index is 13.7. The summed E-state index contributed by atoms with van der Waals surface area (Å²) in [5.41, 5.74) is 0.868. The molecule has 0 spiro atoms. The van der Waals surface area contributed by atoms with Gasteiger partial charge in [0.05, 0.1) is 47.1 Å². The first-order valence-electron chi connectivity index (χ1n) is 13.1. The fourth-order valence-electron chi connectivity index (χ4n) is 4.55. The lowest BCUT2D eigenvalue weighted by molar-refractivity contribution is 0.0497. The number of benzene rings is 2. The highest BCUT2D eigenvalue weighted by atomic mass is 19.1. The molecule has 4 rings (SSSR count). The number of hydrogen-bond donors (Lipinski definition) is 0. The van der Waals surface area contributed by atoms with Gasteiger partial charge in [-0.2, -0.15) is 10.4 Å². The lowest BCUT2D eigenvalue weighted by Gasteiger charge is -2.18. The average molecular weight is 559 g/mol. The fraction of sp³-hybridized carbons (Fsp3) is 0.300. The highest BCUT2D eigenvalue weighted by molar-refractivity contribution is 5.96. The lowest BCUT2D eigenvalue weighted by Crippen LogP contribution is -2.40. The standard InChI is InChI=1S/C30H31FN6O4/c1-20-26(28(38)35(4)30(40)36(20)24-9-7-8-22(16-24)17-31)27-25(29(39)41-15-6-5-14-34(2)3)19-33-37(27)23-12-10-21(18-32)11-13-23/h7-13,16,19H,5-6,14-15,17H2,1-4H3. The van der Waals surface area contributed by atoms with E-state index in [0.717, 1.165) is 17.5 Å². The van der Waals surface area contributed by atoms with Gasteiger partial charge in [-0.05, 0) is 82.4 Å². The van der Waals surface area contributed by atoms with Crippen LogP contribution in [0.5, 0.6) is 0 Å². The maximum Gasteiger partial charge on any atom is 0.342 e. The third kappa shape index (κ3) is 6.02. The molecule has 0 unspecified atom stereocenters. The molecule has 2 aromatic heterocycles. The number of carbonyl (C=O) groups is 1. The average Bonchev–Trinajstić information content (AvgIpc) is 3.40. The van der Waals surface area contributed by atoms with Crippen LogP contribution in [0, 0.1) is 18.3 Å². The number of rotatable bonds is 10. The van der Waals surface area contributed by atoms with Crippen LogP contribution in [0.15, 0.2) is 64.3 Å². The molecule has 10 nitrogen and oxygen atoms in total. The Labute approximate surface area is 236 Å². The molecule has 4 aromatic rings. The van der Waals surface area contributed by atoms with Gasteiger partial charge >= 0.3 is 11.7 Å². The van der Waals surface area contributed by atoms with E-state index in [4.69, 9.17) is 4.74 Å². The van der Waals surface area contributed by atoms with Gasteiger partial charge in [0.2, 0.25) is 0 Å². The zero-order chi connectivity index (χ0) is 29.7. The van der Waals surface area contributed by atoms with E-state index >= 15 is 0 Å². The van der Waals surface area contributed by atoms with E-state index in [1.165, 1.54) is 28.6 Å². The Bertz CT molecular complexity index is 1730. The van der Waals surface area contributed by atoms with E-state index in [1.807, 2.05) is 19.0 Å². The number of unbranched alkanes of at least 4 members (excludes halogenated alkanes) is 1. The number of aromatic nitrogens is 4. The predicted molar refractivity (Wildman–Crippen MR) is 152 cm³/mol. The molecule has 0 aliphatic rings. The van der Waals surface area contributed by atoms with Crippen LogP contribution in [0.1, 0.15) is 40.0 Å². The second kappa shape index (κ2) is 12.6. The van der Waals surface area contributed by atoms with Crippen LogP contribution in [-0.2, 0) is 18.5 Å². The molecule has 0 amide bonds. The van der Waals surface area contributed by atoms with Gasteiger partial charge in [-0.25, -0.2) is 18.7 Å². The number of alkyl halides is 1. The van der Waals surface area contributed by atoms with Gasteiger partial charge in [0.25, 0.3) is 5.56 Å². The fourth-order valence-corrected chi connectivity index (χ4v) is 4.55. The molecule has 212 valence electrons. The van der Waals surface area contributed by atoms with Gasteiger partial charge in [0, 0.05) is 12.7 Å². The zero-order valence-electron chi connectivity index (χ0n) is 23.4. The number of nitriles is 1. The van der Waals surface area contributed by atoms with Crippen molar-refractivity contribution >= 4 is 5.97 Å². The van der Waals surface area contributed by atoms with E-state index < -0.39 is 23.9 Å². The van der Waals surface area contributed by atoms with Crippen LogP contribution in [-0.4, -0.2) is 57.0 Å². The van der Waals surface area contributed by atoms with Crippen LogP contribution in [0.25, 0.3) is 22.6 Å². The first-order chi connectivity index (χ1) is 19.7. The number of nitrogens with zero attached hydrogens (tertiary/aromatic N) is 6.